The Morgan fingerprint density at radius 3 is 1.58 bits per heavy atom. The molecule has 19 heavy (non-hydrogen) atoms. The third-order valence-corrected chi connectivity index (χ3v) is 4.72. The Labute approximate surface area is 110 Å². The van der Waals surface area contributed by atoms with Gasteiger partial charge in [-0.05, 0) is 6.92 Å². The first-order chi connectivity index (χ1) is 9.02. The maximum absolute atomic E-state index is 11.9. The van der Waals surface area contributed by atoms with E-state index in [1.807, 2.05) is 0 Å². The van der Waals surface area contributed by atoms with Crippen molar-refractivity contribution < 1.29 is 28.6 Å². The molecule has 7 atom stereocenters. The quantitative estimate of drug-likeness (QED) is 0.659. The van der Waals surface area contributed by atoms with E-state index in [0.29, 0.717) is 0 Å². The van der Waals surface area contributed by atoms with Gasteiger partial charge in [0.25, 0.3) is 0 Å². The van der Waals surface area contributed by atoms with Gasteiger partial charge in [-0.25, -0.2) is 0 Å². The van der Waals surface area contributed by atoms with Crippen molar-refractivity contribution >= 4 is 17.7 Å². The SMILES string of the molecule is COC(=O)[C@@H]1[C@H](C(=O)OC)[C@@H]2O[C@H]1C1C(C(C)=O)C12. The summed E-state index contributed by atoms with van der Waals surface area (Å²) < 4.78 is 15.3. The Balaban J connectivity index is 1.90. The zero-order valence-electron chi connectivity index (χ0n) is 11.0. The van der Waals surface area contributed by atoms with Crippen LogP contribution in [-0.2, 0) is 28.6 Å². The van der Waals surface area contributed by atoms with E-state index in [9.17, 15) is 14.4 Å². The van der Waals surface area contributed by atoms with Crippen molar-refractivity contribution in [2.24, 2.45) is 29.6 Å². The molecule has 2 saturated heterocycles. The van der Waals surface area contributed by atoms with E-state index in [2.05, 4.69) is 0 Å². The van der Waals surface area contributed by atoms with Crippen molar-refractivity contribution in [1.29, 1.82) is 0 Å². The number of fused-ring (bicyclic) bond motifs is 5. The number of Topliss-reactive ketones (excluding diaryl/α,β-unsaturated/α-hetero) is 1. The molecule has 6 nitrogen and oxygen atoms in total. The first kappa shape index (κ1) is 12.6. The van der Waals surface area contributed by atoms with E-state index in [1.54, 1.807) is 6.92 Å². The van der Waals surface area contributed by atoms with Gasteiger partial charge in [0, 0.05) is 17.8 Å². The zero-order valence-corrected chi connectivity index (χ0v) is 11.0. The van der Waals surface area contributed by atoms with E-state index in [0.717, 1.165) is 0 Å². The molecule has 3 rings (SSSR count). The summed E-state index contributed by atoms with van der Waals surface area (Å²) in [5.74, 6) is -2.07. The van der Waals surface area contributed by atoms with Gasteiger partial charge in [0.05, 0.1) is 38.3 Å². The fourth-order valence-corrected chi connectivity index (χ4v) is 4.00. The van der Waals surface area contributed by atoms with E-state index < -0.39 is 23.8 Å². The van der Waals surface area contributed by atoms with Gasteiger partial charge in [0.1, 0.15) is 5.78 Å². The van der Waals surface area contributed by atoms with Crippen LogP contribution in [0, 0.1) is 29.6 Å². The molecule has 0 radical (unpaired) electrons. The van der Waals surface area contributed by atoms with E-state index >= 15 is 0 Å². The highest BCUT2D eigenvalue weighted by Gasteiger charge is 2.76. The van der Waals surface area contributed by atoms with Crippen molar-refractivity contribution in [3.8, 4) is 0 Å². The minimum Gasteiger partial charge on any atom is -0.469 e. The largest absolute Gasteiger partial charge is 0.469 e. The predicted octanol–water partition coefficient (Wildman–Crippen LogP) is -0.203. The lowest BCUT2D eigenvalue weighted by molar-refractivity contribution is -0.158. The number of hydrogen-bond acceptors (Lipinski definition) is 6. The summed E-state index contributed by atoms with van der Waals surface area (Å²) in [7, 11) is 2.57. The van der Waals surface area contributed by atoms with Crippen LogP contribution in [0.25, 0.3) is 0 Å². The van der Waals surface area contributed by atoms with Crippen LogP contribution in [0.2, 0.25) is 0 Å². The average Bonchev–Trinajstić information content (AvgIpc) is 2.92. The fraction of sp³-hybridized carbons (Fsp3) is 0.769. The second kappa shape index (κ2) is 4.03. The molecule has 0 aromatic rings. The molecule has 0 aromatic carbocycles. The van der Waals surface area contributed by atoms with Crippen LogP contribution in [0.1, 0.15) is 6.92 Å². The molecular weight excluding hydrogens is 252 g/mol. The van der Waals surface area contributed by atoms with Crippen LogP contribution in [-0.4, -0.2) is 44.1 Å². The second-order valence-electron chi connectivity index (χ2n) is 5.45. The highest BCUT2D eigenvalue weighted by Crippen LogP contribution is 2.66. The summed E-state index contributed by atoms with van der Waals surface area (Å²) in [5.41, 5.74) is 0. The van der Waals surface area contributed by atoms with Gasteiger partial charge in [-0.1, -0.05) is 0 Å². The van der Waals surface area contributed by atoms with Crippen LogP contribution >= 0.6 is 0 Å². The number of methoxy groups -OCH3 is 2. The van der Waals surface area contributed by atoms with Gasteiger partial charge in [-0.3, -0.25) is 14.4 Å². The van der Waals surface area contributed by atoms with Crippen molar-refractivity contribution in [2.45, 2.75) is 19.1 Å². The van der Waals surface area contributed by atoms with E-state index in [-0.39, 0.29) is 35.7 Å². The maximum Gasteiger partial charge on any atom is 0.312 e. The molecule has 2 aliphatic heterocycles. The van der Waals surface area contributed by atoms with Crippen molar-refractivity contribution in [3.63, 3.8) is 0 Å². The maximum atomic E-state index is 11.9. The van der Waals surface area contributed by atoms with Crippen molar-refractivity contribution in [1.82, 2.24) is 0 Å². The van der Waals surface area contributed by atoms with Crippen LogP contribution in [0.15, 0.2) is 0 Å². The van der Waals surface area contributed by atoms with Gasteiger partial charge < -0.3 is 14.2 Å². The highest BCUT2D eigenvalue weighted by atomic mass is 16.6. The standard InChI is InChI=1S/C13H16O6/c1-4(14)5-6-7(5)11-9(13(16)18-3)8(10(6)19-11)12(15)17-2/h5-11H,1-3H3/t5?,6?,7?,8-,9+,10+,11-. The van der Waals surface area contributed by atoms with Crippen LogP contribution in [0.3, 0.4) is 0 Å². The Bertz CT molecular complexity index is 424. The number of hydrogen-bond donors (Lipinski definition) is 0. The molecule has 0 aromatic heterocycles. The Hall–Kier alpha value is -1.43. The summed E-state index contributed by atoms with van der Waals surface area (Å²) >= 11 is 0. The summed E-state index contributed by atoms with van der Waals surface area (Å²) in [5, 5.41) is 0. The third kappa shape index (κ3) is 1.49. The minimum atomic E-state index is -0.645. The molecule has 3 fully saturated rings. The first-order valence-electron chi connectivity index (χ1n) is 6.34. The molecule has 6 heteroatoms. The highest BCUT2D eigenvalue weighted by molar-refractivity contribution is 5.87. The Morgan fingerprint density at radius 1 is 0.842 bits per heavy atom. The Kier molecular flexibility index (Phi) is 2.67. The van der Waals surface area contributed by atoms with E-state index in [4.69, 9.17) is 14.2 Å². The van der Waals surface area contributed by atoms with Crippen LogP contribution in [0.4, 0.5) is 0 Å². The molecule has 1 aliphatic carbocycles. The molecular formula is C13H16O6. The Morgan fingerprint density at radius 2 is 1.26 bits per heavy atom. The number of esters is 2. The molecule has 2 heterocycles. The fourth-order valence-electron chi connectivity index (χ4n) is 4.00. The average molecular weight is 268 g/mol. The summed E-state index contributed by atoms with van der Waals surface area (Å²) in [4.78, 5) is 35.3. The number of ether oxygens (including phenoxy) is 3. The summed E-state index contributed by atoms with van der Waals surface area (Å²) in [6, 6.07) is 0. The van der Waals surface area contributed by atoms with Gasteiger partial charge in [0.15, 0.2) is 0 Å². The monoisotopic (exact) mass is 268 g/mol. The van der Waals surface area contributed by atoms with E-state index in [1.165, 1.54) is 14.2 Å². The van der Waals surface area contributed by atoms with Crippen molar-refractivity contribution in [2.75, 3.05) is 14.2 Å². The number of ketones is 1. The topological polar surface area (TPSA) is 78.9 Å². The normalized spacial score (nSPS) is 45.5. The molecule has 2 bridgehead atoms. The van der Waals surface area contributed by atoms with Crippen molar-refractivity contribution in [3.05, 3.63) is 0 Å². The smallest absolute Gasteiger partial charge is 0.312 e. The zero-order chi connectivity index (χ0) is 13.9. The number of carbonyl (C=O) groups is 3. The molecule has 1 saturated carbocycles. The summed E-state index contributed by atoms with van der Waals surface area (Å²) in [6.07, 6.45) is -0.777. The first-order valence-corrected chi connectivity index (χ1v) is 6.34. The second-order valence-corrected chi connectivity index (χ2v) is 5.45. The molecule has 0 amide bonds. The number of rotatable bonds is 3. The molecule has 0 N–H and O–H groups in total. The van der Waals surface area contributed by atoms with Crippen LogP contribution < -0.4 is 0 Å². The lowest BCUT2D eigenvalue weighted by Crippen LogP contribution is -2.40. The summed E-state index contributed by atoms with van der Waals surface area (Å²) in [6.45, 7) is 1.54. The van der Waals surface area contributed by atoms with Gasteiger partial charge >= 0.3 is 11.9 Å². The minimum absolute atomic E-state index is 0.0625. The predicted molar refractivity (Wildman–Crippen MR) is 60.8 cm³/mol. The molecule has 0 spiro atoms. The lowest BCUT2D eigenvalue weighted by Gasteiger charge is -2.23. The van der Waals surface area contributed by atoms with Gasteiger partial charge in [-0.2, -0.15) is 0 Å². The van der Waals surface area contributed by atoms with Gasteiger partial charge in [0.2, 0.25) is 0 Å². The third-order valence-electron chi connectivity index (χ3n) is 4.72. The van der Waals surface area contributed by atoms with Gasteiger partial charge in [-0.15, -0.1) is 0 Å². The number of carbonyl (C=O) groups excluding carboxylic acids is 3. The lowest BCUT2D eigenvalue weighted by atomic mass is 9.79. The molecule has 104 valence electrons. The molecule has 3 aliphatic rings. The molecule has 3 unspecified atom stereocenters. The van der Waals surface area contributed by atoms with Crippen LogP contribution in [0.5, 0.6) is 0 Å².